The van der Waals surface area contributed by atoms with Crippen LogP contribution in [0.15, 0.2) is 47.5 Å². The van der Waals surface area contributed by atoms with E-state index in [-0.39, 0.29) is 28.8 Å². The summed E-state index contributed by atoms with van der Waals surface area (Å²) in [6.45, 7) is 2.54. The summed E-state index contributed by atoms with van der Waals surface area (Å²) in [5.41, 5.74) is -0.936. The number of hydrogen-bond donors (Lipinski definition) is 1. The first-order valence-electron chi connectivity index (χ1n) is 9.33. The van der Waals surface area contributed by atoms with Gasteiger partial charge in [-0.1, -0.05) is 29.8 Å². The van der Waals surface area contributed by atoms with Crippen molar-refractivity contribution in [3.63, 3.8) is 0 Å². The Bertz CT molecular complexity index is 1040. The van der Waals surface area contributed by atoms with Crippen LogP contribution in [-0.4, -0.2) is 56.4 Å². The Balaban J connectivity index is 1.61. The molecule has 0 bridgehead atoms. The number of piperazine rings is 1. The van der Waals surface area contributed by atoms with E-state index < -0.39 is 33.7 Å². The van der Waals surface area contributed by atoms with Crippen molar-refractivity contribution in [3.05, 3.63) is 53.2 Å². The van der Waals surface area contributed by atoms with Gasteiger partial charge in [-0.2, -0.15) is 17.9 Å². The largest absolute Gasteiger partial charge is 0.417 e. The molecule has 1 aliphatic rings. The normalized spacial score (nSPS) is 16.3. The Morgan fingerprint density at radius 1 is 1.16 bits per heavy atom. The van der Waals surface area contributed by atoms with Crippen LogP contribution >= 0.6 is 11.6 Å². The molecular formula is C19H20ClF3N4O3S. The molecule has 1 saturated heterocycles. The highest BCUT2D eigenvalue weighted by atomic mass is 35.5. The number of alkyl halides is 3. The van der Waals surface area contributed by atoms with Gasteiger partial charge in [0, 0.05) is 32.4 Å². The van der Waals surface area contributed by atoms with Gasteiger partial charge in [0.15, 0.2) is 0 Å². The predicted octanol–water partition coefficient (Wildman–Crippen LogP) is 2.77. The van der Waals surface area contributed by atoms with Crippen LogP contribution in [0, 0.1) is 0 Å². The van der Waals surface area contributed by atoms with Crippen molar-refractivity contribution in [1.29, 1.82) is 0 Å². The number of nitrogens with one attached hydrogen (secondary N) is 1. The Morgan fingerprint density at radius 2 is 1.77 bits per heavy atom. The number of nitrogens with zero attached hydrogens (tertiary/aromatic N) is 3. The molecule has 7 nitrogen and oxygen atoms in total. The molecule has 0 saturated carbocycles. The fourth-order valence-electron chi connectivity index (χ4n) is 3.18. The van der Waals surface area contributed by atoms with E-state index in [1.54, 1.807) is 23.1 Å². The molecule has 0 radical (unpaired) electrons. The molecule has 31 heavy (non-hydrogen) atoms. The highest BCUT2D eigenvalue weighted by Gasteiger charge is 2.33. The number of rotatable bonds is 5. The van der Waals surface area contributed by atoms with E-state index in [9.17, 15) is 26.4 Å². The fourth-order valence-corrected chi connectivity index (χ4v) is 4.69. The number of halogens is 4. The minimum absolute atomic E-state index is 0.0579. The zero-order valence-corrected chi connectivity index (χ0v) is 18.0. The lowest BCUT2D eigenvalue weighted by molar-refractivity contribution is -0.138. The lowest BCUT2D eigenvalue weighted by Crippen LogP contribution is -2.54. The smallest absolute Gasteiger partial charge is 0.352 e. The first-order chi connectivity index (χ1) is 14.5. The number of aromatic nitrogens is 1. The third kappa shape index (κ3) is 5.46. The Hall–Kier alpha value is -2.37. The maximum absolute atomic E-state index is 12.8. The fraction of sp³-hybridized carbons (Fsp3) is 0.368. The van der Waals surface area contributed by atoms with Crippen LogP contribution in [0.2, 0.25) is 5.02 Å². The Labute approximate surface area is 182 Å². The monoisotopic (exact) mass is 476 g/mol. The van der Waals surface area contributed by atoms with Gasteiger partial charge in [-0.25, -0.2) is 13.4 Å². The van der Waals surface area contributed by atoms with Crippen molar-refractivity contribution in [3.8, 4) is 0 Å². The number of carbonyl (C=O) groups excluding carboxylic acids is 1. The summed E-state index contributed by atoms with van der Waals surface area (Å²) in [6, 6.07) is 7.55. The summed E-state index contributed by atoms with van der Waals surface area (Å²) in [7, 11) is -3.85. The second-order valence-electron chi connectivity index (χ2n) is 7.00. The molecule has 1 atom stereocenters. The molecule has 1 aromatic carbocycles. The van der Waals surface area contributed by atoms with Crippen molar-refractivity contribution in [1.82, 2.24) is 14.6 Å². The van der Waals surface area contributed by atoms with Crippen molar-refractivity contribution in [2.45, 2.75) is 24.0 Å². The van der Waals surface area contributed by atoms with Gasteiger partial charge in [-0.15, -0.1) is 0 Å². The molecule has 12 heteroatoms. The predicted molar refractivity (Wildman–Crippen MR) is 109 cm³/mol. The number of sulfonamides is 1. The molecule has 1 amide bonds. The van der Waals surface area contributed by atoms with E-state index >= 15 is 0 Å². The van der Waals surface area contributed by atoms with Crippen molar-refractivity contribution >= 4 is 33.3 Å². The van der Waals surface area contributed by atoms with E-state index in [0.717, 1.165) is 12.3 Å². The Morgan fingerprint density at radius 3 is 2.32 bits per heavy atom. The molecular weight excluding hydrogens is 457 g/mol. The molecule has 2 aromatic rings. The second-order valence-corrected chi connectivity index (χ2v) is 9.12. The van der Waals surface area contributed by atoms with E-state index in [1.165, 1.54) is 24.0 Å². The minimum atomic E-state index is -4.54. The van der Waals surface area contributed by atoms with Crippen molar-refractivity contribution in [2.75, 3.05) is 31.1 Å². The zero-order chi connectivity index (χ0) is 22.8. The third-order valence-corrected chi connectivity index (χ3v) is 6.63. The molecule has 0 spiro atoms. The molecule has 1 unspecified atom stereocenters. The van der Waals surface area contributed by atoms with E-state index in [1.807, 2.05) is 0 Å². The van der Waals surface area contributed by atoms with Crippen molar-refractivity contribution in [2.24, 2.45) is 0 Å². The summed E-state index contributed by atoms with van der Waals surface area (Å²) in [5, 5.41) is -0.126. The molecule has 1 N–H and O–H groups in total. The van der Waals surface area contributed by atoms with Crippen LogP contribution in [0.25, 0.3) is 0 Å². The van der Waals surface area contributed by atoms with Crippen LogP contribution in [0.1, 0.15) is 12.5 Å². The highest BCUT2D eigenvalue weighted by molar-refractivity contribution is 7.89. The lowest BCUT2D eigenvalue weighted by Gasteiger charge is -2.37. The summed E-state index contributed by atoms with van der Waals surface area (Å²) in [4.78, 5) is 19.8. The number of benzene rings is 1. The zero-order valence-electron chi connectivity index (χ0n) is 16.4. The van der Waals surface area contributed by atoms with E-state index in [0.29, 0.717) is 13.1 Å². The summed E-state index contributed by atoms with van der Waals surface area (Å²) >= 11 is 5.99. The maximum atomic E-state index is 12.8. The molecule has 2 heterocycles. The summed E-state index contributed by atoms with van der Waals surface area (Å²) in [6.07, 6.45) is -3.82. The van der Waals surface area contributed by atoms with Gasteiger partial charge in [0.25, 0.3) is 0 Å². The van der Waals surface area contributed by atoms with E-state index in [2.05, 4.69) is 9.71 Å². The molecule has 0 aliphatic carbocycles. The molecule has 1 aromatic heterocycles. The van der Waals surface area contributed by atoms with Gasteiger partial charge < -0.3 is 9.80 Å². The van der Waals surface area contributed by atoms with Gasteiger partial charge in [-0.05, 0) is 25.1 Å². The standard InChI is InChI=1S/C19H20ClF3N4O3S/c1-13(25-31(29,30)15-5-3-2-4-6-15)18(28)27-9-7-26(8-10-27)17-16(20)11-14(12-24-17)19(21,22)23/h2-6,11-13,25H,7-10H2,1H3. The van der Waals surface area contributed by atoms with Crippen LogP contribution in [0.3, 0.4) is 0 Å². The van der Waals surface area contributed by atoms with Crippen LogP contribution in [0.4, 0.5) is 19.0 Å². The summed E-state index contributed by atoms with van der Waals surface area (Å²) < 4.78 is 65.5. The average molecular weight is 477 g/mol. The topological polar surface area (TPSA) is 82.6 Å². The number of amides is 1. The van der Waals surface area contributed by atoms with Gasteiger partial charge in [0.05, 0.1) is 21.5 Å². The van der Waals surface area contributed by atoms with Gasteiger partial charge in [0.1, 0.15) is 5.82 Å². The van der Waals surface area contributed by atoms with Crippen LogP contribution < -0.4 is 9.62 Å². The van der Waals surface area contributed by atoms with Crippen LogP contribution in [0.5, 0.6) is 0 Å². The molecule has 1 fully saturated rings. The number of carbonyl (C=O) groups is 1. The molecule has 3 rings (SSSR count). The number of pyridine rings is 1. The molecule has 1 aliphatic heterocycles. The molecule has 168 valence electrons. The Kier molecular flexibility index (Phi) is 6.77. The minimum Gasteiger partial charge on any atom is -0.352 e. The number of anilines is 1. The third-order valence-electron chi connectivity index (χ3n) is 4.80. The first-order valence-corrected chi connectivity index (χ1v) is 11.2. The number of hydrogen-bond acceptors (Lipinski definition) is 5. The summed E-state index contributed by atoms with van der Waals surface area (Å²) in [5.74, 6) is -0.190. The van der Waals surface area contributed by atoms with Crippen molar-refractivity contribution < 1.29 is 26.4 Å². The van der Waals surface area contributed by atoms with Gasteiger partial charge >= 0.3 is 6.18 Å². The van der Waals surface area contributed by atoms with Crippen LogP contribution in [-0.2, 0) is 21.0 Å². The maximum Gasteiger partial charge on any atom is 0.417 e. The highest BCUT2D eigenvalue weighted by Crippen LogP contribution is 2.33. The van der Waals surface area contributed by atoms with Gasteiger partial charge in [0.2, 0.25) is 15.9 Å². The second kappa shape index (κ2) is 9.01. The average Bonchev–Trinajstić information content (AvgIpc) is 2.73. The quantitative estimate of drug-likeness (QED) is 0.717. The van der Waals surface area contributed by atoms with Gasteiger partial charge in [-0.3, -0.25) is 4.79 Å². The SMILES string of the molecule is CC(NS(=O)(=O)c1ccccc1)C(=O)N1CCN(c2ncc(C(F)(F)F)cc2Cl)CC1. The lowest BCUT2D eigenvalue weighted by atomic mass is 10.2. The van der Waals surface area contributed by atoms with E-state index in [4.69, 9.17) is 11.6 Å². The first kappa shape index (κ1) is 23.3.